The van der Waals surface area contributed by atoms with Crippen molar-refractivity contribution < 1.29 is 4.42 Å². The van der Waals surface area contributed by atoms with Crippen LogP contribution in [0.5, 0.6) is 0 Å². The normalized spacial score (nSPS) is 11.1. The lowest BCUT2D eigenvalue weighted by Gasteiger charge is -2.01. The van der Waals surface area contributed by atoms with Crippen molar-refractivity contribution in [3.8, 4) is 11.1 Å². The minimum Gasteiger partial charge on any atom is -0.462 e. The van der Waals surface area contributed by atoms with Gasteiger partial charge in [-0.1, -0.05) is 41.4 Å². The zero-order valence-corrected chi connectivity index (χ0v) is 12.2. The number of halogens is 3. The number of hydrogen-bond donors (Lipinski definition) is 0. The van der Waals surface area contributed by atoms with Gasteiger partial charge in [-0.15, -0.1) is 0 Å². The monoisotopic (exact) mass is 340 g/mol. The van der Waals surface area contributed by atoms with Crippen LogP contribution >= 0.6 is 39.1 Å². The zero-order chi connectivity index (χ0) is 12.7. The summed E-state index contributed by atoms with van der Waals surface area (Å²) < 4.78 is 6.52. The molecule has 0 radical (unpaired) electrons. The molecule has 18 heavy (non-hydrogen) atoms. The van der Waals surface area contributed by atoms with Crippen molar-refractivity contribution in [2.75, 3.05) is 0 Å². The first-order valence-electron chi connectivity index (χ1n) is 5.28. The number of rotatable bonds is 1. The molecular formula is C14H7BrCl2O. The van der Waals surface area contributed by atoms with E-state index in [-0.39, 0.29) is 0 Å². The third kappa shape index (κ3) is 1.95. The Morgan fingerprint density at radius 2 is 1.83 bits per heavy atom. The molecule has 0 atom stereocenters. The van der Waals surface area contributed by atoms with Crippen molar-refractivity contribution >= 4 is 50.1 Å². The van der Waals surface area contributed by atoms with Crippen LogP contribution in [-0.4, -0.2) is 0 Å². The summed E-state index contributed by atoms with van der Waals surface area (Å²) in [5, 5.41) is 2.13. The Morgan fingerprint density at radius 1 is 1.00 bits per heavy atom. The summed E-state index contributed by atoms with van der Waals surface area (Å²) in [6, 6.07) is 11.5. The summed E-state index contributed by atoms with van der Waals surface area (Å²) >= 11 is 15.4. The molecule has 1 nitrogen and oxygen atoms in total. The third-order valence-corrected chi connectivity index (χ3v) is 4.15. The topological polar surface area (TPSA) is 13.1 Å². The Hall–Kier alpha value is -0.960. The van der Waals surface area contributed by atoms with Crippen LogP contribution in [0, 0.1) is 0 Å². The molecule has 2 aromatic carbocycles. The Labute approximate surface area is 122 Å². The van der Waals surface area contributed by atoms with E-state index in [1.807, 2.05) is 30.3 Å². The van der Waals surface area contributed by atoms with Crippen LogP contribution in [0.3, 0.4) is 0 Å². The standard InChI is InChI=1S/C14H7BrCl2O/c15-11-3-1-2-9-10(7-18-14(9)11)8-4-5-12(16)13(17)6-8/h1-7H. The summed E-state index contributed by atoms with van der Waals surface area (Å²) in [6.07, 6.45) is 1.73. The Bertz CT molecular complexity index is 734. The summed E-state index contributed by atoms with van der Waals surface area (Å²) in [5.74, 6) is 0. The molecule has 0 aliphatic carbocycles. The van der Waals surface area contributed by atoms with Crippen LogP contribution in [0.1, 0.15) is 0 Å². The number of hydrogen-bond acceptors (Lipinski definition) is 1. The van der Waals surface area contributed by atoms with E-state index >= 15 is 0 Å². The smallest absolute Gasteiger partial charge is 0.148 e. The highest BCUT2D eigenvalue weighted by molar-refractivity contribution is 9.10. The number of benzene rings is 2. The van der Waals surface area contributed by atoms with Crippen LogP contribution in [0.2, 0.25) is 10.0 Å². The van der Waals surface area contributed by atoms with Crippen molar-refractivity contribution in [3.63, 3.8) is 0 Å². The van der Waals surface area contributed by atoms with Gasteiger partial charge in [0.2, 0.25) is 0 Å². The number of fused-ring (bicyclic) bond motifs is 1. The fraction of sp³-hybridized carbons (Fsp3) is 0. The number of furan rings is 1. The van der Waals surface area contributed by atoms with Gasteiger partial charge >= 0.3 is 0 Å². The van der Waals surface area contributed by atoms with Gasteiger partial charge in [0, 0.05) is 10.9 Å². The largest absolute Gasteiger partial charge is 0.462 e. The second-order valence-electron chi connectivity index (χ2n) is 3.89. The van der Waals surface area contributed by atoms with E-state index in [4.69, 9.17) is 27.6 Å². The molecule has 90 valence electrons. The summed E-state index contributed by atoms with van der Waals surface area (Å²) in [6.45, 7) is 0. The molecule has 0 unspecified atom stereocenters. The average Bonchev–Trinajstić information content (AvgIpc) is 2.78. The van der Waals surface area contributed by atoms with E-state index in [1.54, 1.807) is 12.3 Å². The summed E-state index contributed by atoms with van der Waals surface area (Å²) in [7, 11) is 0. The second kappa shape index (κ2) is 4.61. The first-order chi connectivity index (χ1) is 8.66. The highest BCUT2D eigenvalue weighted by atomic mass is 79.9. The van der Waals surface area contributed by atoms with E-state index < -0.39 is 0 Å². The van der Waals surface area contributed by atoms with Crippen molar-refractivity contribution in [2.24, 2.45) is 0 Å². The Balaban J connectivity index is 2.25. The Morgan fingerprint density at radius 3 is 2.61 bits per heavy atom. The molecule has 1 aromatic heterocycles. The predicted molar refractivity (Wildman–Crippen MR) is 79.4 cm³/mol. The van der Waals surface area contributed by atoms with Crippen LogP contribution in [0.15, 0.2) is 51.6 Å². The number of para-hydroxylation sites is 1. The molecule has 0 N–H and O–H groups in total. The molecular weight excluding hydrogens is 335 g/mol. The highest BCUT2D eigenvalue weighted by Crippen LogP contribution is 2.36. The van der Waals surface area contributed by atoms with E-state index in [1.165, 1.54) is 0 Å². The predicted octanol–water partition coefficient (Wildman–Crippen LogP) is 6.17. The highest BCUT2D eigenvalue weighted by Gasteiger charge is 2.11. The molecule has 0 amide bonds. The van der Waals surface area contributed by atoms with Gasteiger partial charge in [-0.25, -0.2) is 0 Å². The molecule has 0 fully saturated rings. The lowest BCUT2D eigenvalue weighted by molar-refractivity contribution is 0.615. The van der Waals surface area contributed by atoms with Gasteiger partial charge in [0.05, 0.1) is 20.8 Å². The lowest BCUT2D eigenvalue weighted by Crippen LogP contribution is -1.77. The molecule has 0 aliphatic heterocycles. The van der Waals surface area contributed by atoms with Gasteiger partial charge < -0.3 is 4.42 Å². The fourth-order valence-corrected chi connectivity index (χ4v) is 2.67. The molecule has 3 aromatic rings. The van der Waals surface area contributed by atoms with Gasteiger partial charge in [-0.2, -0.15) is 0 Å². The van der Waals surface area contributed by atoms with Crippen molar-refractivity contribution in [2.45, 2.75) is 0 Å². The van der Waals surface area contributed by atoms with Gasteiger partial charge in [0.25, 0.3) is 0 Å². The maximum Gasteiger partial charge on any atom is 0.148 e. The SMILES string of the molecule is Clc1ccc(-c2coc3c(Br)cccc23)cc1Cl. The molecule has 4 heteroatoms. The minimum atomic E-state index is 0.540. The second-order valence-corrected chi connectivity index (χ2v) is 5.56. The van der Waals surface area contributed by atoms with Gasteiger partial charge in [-0.3, -0.25) is 0 Å². The van der Waals surface area contributed by atoms with Crippen molar-refractivity contribution in [3.05, 3.63) is 57.2 Å². The summed E-state index contributed by atoms with van der Waals surface area (Å²) in [5.41, 5.74) is 2.82. The molecule has 0 aliphatic rings. The Kier molecular flexibility index (Phi) is 3.10. The fourth-order valence-electron chi connectivity index (χ4n) is 1.91. The van der Waals surface area contributed by atoms with Crippen LogP contribution in [0.25, 0.3) is 22.1 Å². The molecule has 0 bridgehead atoms. The van der Waals surface area contributed by atoms with Gasteiger partial charge in [0.15, 0.2) is 0 Å². The van der Waals surface area contributed by atoms with Crippen LogP contribution < -0.4 is 0 Å². The minimum absolute atomic E-state index is 0.540. The molecule has 3 rings (SSSR count). The van der Waals surface area contributed by atoms with E-state index in [0.29, 0.717) is 10.0 Å². The van der Waals surface area contributed by atoms with Crippen molar-refractivity contribution in [1.29, 1.82) is 0 Å². The van der Waals surface area contributed by atoms with E-state index in [0.717, 1.165) is 26.6 Å². The average molecular weight is 342 g/mol. The van der Waals surface area contributed by atoms with E-state index in [2.05, 4.69) is 15.9 Å². The first-order valence-corrected chi connectivity index (χ1v) is 6.83. The summed E-state index contributed by atoms with van der Waals surface area (Å²) in [4.78, 5) is 0. The van der Waals surface area contributed by atoms with Gasteiger partial charge in [-0.05, 0) is 39.7 Å². The molecule has 1 heterocycles. The first kappa shape index (κ1) is 12.1. The molecule has 0 saturated heterocycles. The molecule has 0 spiro atoms. The lowest BCUT2D eigenvalue weighted by atomic mass is 10.1. The molecule has 0 saturated carbocycles. The van der Waals surface area contributed by atoms with Crippen LogP contribution in [0.4, 0.5) is 0 Å². The van der Waals surface area contributed by atoms with E-state index in [9.17, 15) is 0 Å². The van der Waals surface area contributed by atoms with Crippen molar-refractivity contribution in [1.82, 2.24) is 0 Å². The maximum atomic E-state index is 6.04. The van der Waals surface area contributed by atoms with Crippen LogP contribution in [-0.2, 0) is 0 Å². The quantitative estimate of drug-likeness (QED) is 0.516. The van der Waals surface area contributed by atoms with Gasteiger partial charge in [0.1, 0.15) is 5.58 Å². The third-order valence-electron chi connectivity index (χ3n) is 2.78. The zero-order valence-electron chi connectivity index (χ0n) is 9.08. The maximum absolute atomic E-state index is 6.04.